The Hall–Kier alpha value is -7.75. The molecule has 3 aromatic carbocycles. The van der Waals surface area contributed by atoms with E-state index >= 15 is 0 Å². The molecule has 0 bridgehead atoms. The van der Waals surface area contributed by atoms with Gasteiger partial charge in [-0.3, -0.25) is 30.0 Å². The van der Waals surface area contributed by atoms with Crippen LogP contribution >= 0.6 is 11.3 Å². The number of hydrazine groups is 1. The summed E-state index contributed by atoms with van der Waals surface area (Å²) in [7, 11) is 1.63. The van der Waals surface area contributed by atoms with Gasteiger partial charge in [0.1, 0.15) is 35.7 Å². The Morgan fingerprint density at radius 3 is 2.40 bits per heavy atom. The maximum atomic E-state index is 14.1. The second-order valence-corrected chi connectivity index (χ2v) is 21.4. The highest BCUT2D eigenvalue weighted by molar-refractivity contribution is 7.13. The van der Waals surface area contributed by atoms with Gasteiger partial charge in [0.25, 0.3) is 5.91 Å². The number of β-amino-alcohol motifs (C(OH)–C–C–N with tert-alkyl or cyclic N) is 1. The van der Waals surface area contributed by atoms with Crippen LogP contribution in [-0.4, -0.2) is 122 Å². The molecule has 1 saturated heterocycles. The number of benzene rings is 3. The molecule has 416 valence electrons. The van der Waals surface area contributed by atoms with Gasteiger partial charge in [0, 0.05) is 75.4 Å². The Balaban J connectivity index is 0.823. The number of carbonyl (C=O) groups is 4. The van der Waals surface area contributed by atoms with Crippen molar-refractivity contribution in [1.29, 1.82) is 10.8 Å². The van der Waals surface area contributed by atoms with E-state index in [0.29, 0.717) is 61.6 Å². The third kappa shape index (κ3) is 18.2. The molecule has 78 heavy (non-hydrogen) atoms. The fourth-order valence-corrected chi connectivity index (χ4v) is 9.56. The molecular formula is C57H76N14O6S. The van der Waals surface area contributed by atoms with Crippen molar-refractivity contribution in [3.05, 3.63) is 137 Å². The number of amidine groups is 2. The van der Waals surface area contributed by atoms with Gasteiger partial charge >= 0.3 is 0 Å². The highest BCUT2D eigenvalue weighted by Gasteiger charge is 2.44. The lowest BCUT2D eigenvalue weighted by atomic mass is 9.85. The molecule has 6 rings (SSSR count). The summed E-state index contributed by atoms with van der Waals surface area (Å²) < 4.78 is 6.02. The summed E-state index contributed by atoms with van der Waals surface area (Å²) in [5, 5.41) is 40.9. The van der Waals surface area contributed by atoms with E-state index in [1.54, 1.807) is 60.1 Å². The van der Waals surface area contributed by atoms with Gasteiger partial charge in [0.2, 0.25) is 17.7 Å². The normalized spacial score (nSPS) is 14.8. The lowest BCUT2D eigenvalue weighted by Gasteiger charge is -2.35. The van der Waals surface area contributed by atoms with Gasteiger partial charge in [0.15, 0.2) is 5.84 Å². The minimum atomic E-state index is -0.909. The van der Waals surface area contributed by atoms with E-state index in [2.05, 4.69) is 36.2 Å². The number of nitrogens with one attached hydrogen (secondary N) is 6. The minimum absolute atomic E-state index is 0.000125. The van der Waals surface area contributed by atoms with E-state index in [0.717, 1.165) is 58.7 Å². The van der Waals surface area contributed by atoms with Crippen LogP contribution in [0, 0.1) is 23.2 Å². The van der Waals surface area contributed by atoms with Gasteiger partial charge in [-0.1, -0.05) is 76.1 Å². The van der Waals surface area contributed by atoms with E-state index in [-0.39, 0.29) is 61.9 Å². The molecule has 1 aliphatic rings. The Morgan fingerprint density at radius 1 is 0.923 bits per heavy atom. The average Bonchev–Trinajstić information content (AvgIpc) is 4.09. The summed E-state index contributed by atoms with van der Waals surface area (Å²) in [4.78, 5) is 70.0. The lowest BCUT2D eigenvalue weighted by molar-refractivity contribution is -0.144. The van der Waals surface area contributed by atoms with Crippen LogP contribution in [0.2, 0.25) is 0 Å². The second kappa shape index (κ2) is 29.1. The lowest BCUT2D eigenvalue weighted by Crippen LogP contribution is -2.57. The fraction of sp³-hybridized carbons (Fsp3) is 0.421. The molecule has 1 unspecified atom stereocenters. The third-order valence-corrected chi connectivity index (χ3v) is 14.2. The number of hydrogen-bond acceptors (Lipinski definition) is 16. The SMILES string of the molecule is Cc1ncsc1-c1ccc(CNC(=O)[C@@H]2C[C@@H](O)CN2C(=O)C(NC(=O)CCCC/C(N)=C/N(N)CCCCCCOc2cccc(CNC(=O)c3cccc(NCC(=N)N(C)C(=N)c4ccncn4)c3)c2)C(C)(C)C)cc1. The molecule has 20 nitrogen and oxygen atoms in total. The number of thiazole rings is 1. The van der Waals surface area contributed by atoms with Crippen LogP contribution in [0.5, 0.6) is 5.75 Å². The quantitative estimate of drug-likeness (QED) is 0.00896. The number of nitrogens with zero attached hydrogens (tertiary/aromatic N) is 6. The predicted molar refractivity (Wildman–Crippen MR) is 304 cm³/mol. The number of likely N-dealkylation sites (N-methyl/N-ethyl adjacent to an activating group) is 1. The number of carbonyl (C=O) groups excluding carboxylic acids is 4. The van der Waals surface area contributed by atoms with Gasteiger partial charge in [0.05, 0.1) is 35.3 Å². The van der Waals surface area contributed by atoms with Gasteiger partial charge in [-0.2, -0.15) is 0 Å². The van der Waals surface area contributed by atoms with Crippen molar-refractivity contribution in [2.75, 3.05) is 38.6 Å². The molecule has 0 radical (unpaired) electrons. The zero-order valence-corrected chi connectivity index (χ0v) is 46.2. The van der Waals surface area contributed by atoms with E-state index in [1.807, 2.05) is 87.8 Å². The number of aryl methyl sites for hydroxylation is 1. The number of aliphatic hydroxyl groups is 1. The van der Waals surface area contributed by atoms with Gasteiger partial charge in [-0.25, -0.2) is 20.8 Å². The highest BCUT2D eigenvalue weighted by Crippen LogP contribution is 2.29. The molecule has 5 aromatic rings. The van der Waals surface area contributed by atoms with E-state index in [1.165, 1.54) is 16.1 Å². The van der Waals surface area contributed by atoms with Crippen LogP contribution in [0.3, 0.4) is 0 Å². The predicted octanol–water partition coefficient (Wildman–Crippen LogP) is 6.47. The van der Waals surface area contributed by atoms with Crippen molar-refractivity contribution in [2.45, 2.75) is 117 Å². The van der Waals surface area contributed by atoms with Crippen molar-refractivity contribution in [3.63, 3.8) is 0 Å². The molecule has 1 fully saturated rings. The zero-order valence-electron chi connectivity index (χ0n) is 45.4. The van der Waals surface area contributed by atoms with E-state index in [9.17, 15) is 24.3 Å². The van der Waals surface area contributed by atoms with E-state index < -0.39 is 29.5 Å². The van der Waals surface area contributed by atoms with Crippen LogP contribution < -0.4 is 37.6 Å². The number of anilines is 1. The Kier molecular flexibility index (Phi) is 22.2. The number of hydrogen-bond donors (Lipinski definition) is 9. The molecule has 11 N–H and O–H groups in total. The number of nitrogens with two attached hydrogens (primary N) is 2. The zero-order chi connectivity index (χ0) is 56.2. The molecule has 0 saturated carbocycles. The van der Waals surface area contributed by atoms with Crippen molar-refractivity contribution in [3.8, 4) is 16.2 Å². The summed E-state index contributed by atoms with van der Waals surface area (Å²) in [6.45, 7) is 9.44. The summed E-state index contributed by atoms with van der Waals surface area (Å²) in [6.07, 6.45) is 9.43. The van der Waals surface area contributed by atoms with Crippen molar-refractivity contribution >= 4 is 52.3 Å². The second-order valence-electron chi connectivity index (χ2n) is 20.6. The maximum Gasteiger partial charge on any atom is 0.251 e. The van der Waals surface area contributed by atoms with Crippen molar-refractivity contribution < 1.29 is 29.0 Å². The summed E-state index contributed by atoms with van der Waals surface area (Å²) >= 11 is 1.57. The van der Waals surface area contributed by atoms with Crippen LogP contribution in [0.4, 0.5) is 5.69 Å². The smallest absolute Gasteiger partial charge is 0.251 e. The Morgan fingerprint density at radius 2 is 1.67 bits per heavy atom. The number of likely N-dealkylation sites (tertiary alicyclic amines) is 1. The summed E-state index contributed by atoms with van der Waals surface area (Å²) in [6, 6.07) is 22.4. The topological polar surface area (TPSA) is 294 Å². The Labute approximate surface area is 461 Å². The van der Waals surface area contributed by atoms with Gasteiger partial charge in [-0.15, -0.1) is 11.3 Å². The molecule has 3 heterocycles. The monoisotopic (exact) mass is 1080 g/mol. The van der Waals surface area contributed by atoms with E-state index in [4.69, 9.17) is 27.1 Å². The van der Waals surface area contributed by atoms with Crippen LogP contribution in [0.15, 0.2) is 109 Å². The molecule has 21 heteroatoms. The molecule has 3 atom stereocenters. The molecular weight excluding hydrogens is 1010 g/mol. The number of unbranched alkanes of at least 4 members (excludes halogenated alkanes) is 4. The maximum absolute atomic E-state index is 14.1. The molecule has 0 spiro atoms. The van der Waals surface area contributed by atoms with Gasteiger partial charge in [-0.05, 0) is 97.5 Å². The number of allylic oxidation sites excluding steroid dienone is 1. The number of aliphatic hydroxyl groups excluding tert-OH is 1. The first-order valence-corrected chi connectivity index (χ1v) is 27.3. The van der Waals surface area contributed by atoms with Crippen LogP contribution in [-0.2, 0) is 27.5 Å². The Bertz CT molecular complexity index is 2840. The molecule has 0 aliphatic carbocycles. The number of rotatable bonds is 27. The summed E-state index contributed by atoms with van der Waals surface area (Å²) in [5.41, 5.74) is 13.4. The first-order chi connectivity index (χ1) is 37.4. The number of ether oxygens (including phenoxy) is 1. The molecule has 1 aliphatic heterocycles. The van der Waals surface area contributed by atoms with Crippen molar-refractivity contribution in [1.82, 2.24) is 45.7 Å². The van der Waals surface area contributed by atoms with Crippen LogP contribution in [0.1, 0.15) is 111 Å². The van der Waals surface area contributed by atoms with Crippen LogP contribution in [0.25, 0.3) is 10.4 Å². The average molecular weight is 1090 g/mol. The largest absolute Gasteiger partial charge is 0.494 e. The standard InChI is InChI=1S/C57H76N14O6S/c1-38-51(78-37-67-38)41-22-20-39(21-23-41)31-65-55(75)48-30-45(72)35-71(48)56(76)52(57(2,3)4)68-50(73)19-9-8-16-43(58)34-70(61)26-10-6-7-11-27-77-46-18-12-14-40(28-46)32-64-54(74)42-15-13-17-44(29-42)63-33-49(59)69(5)53(60)47-24-25-62-36-66-47/h12-15,17-18,20-25,28-29,34,36-37,45,48,52,59-60,63,72H,6-11,16,19,26-27,30-33,35,58,61H2,1-5H3,(H,64,74)(H,65,75)(H,68,73)/b43-34-,59-49?,60-53?/t45-,48+,52?/m1/s1. The minimum Gasteiger partial charge on any atom is -0.494 e. The number of aromatic nitrogens is 3. The van der Waals surface area contributed by atoms with Crippen molar-refractivity contribution in [2.24, 2.45) is 17.0 Å². The first kappa shape index (κ1) is 59.5. The van der Waals surface area contributed by atoms with Gasteiger partial charge < -0.3 is 51.7 Å². The fourth-order valence-electron chi connectivity index (χ4n) is 8.75. The molecule has 2 aromatic heterocycles. The summed E-state index contributed by atoms with van der Waals surface area (Å²) in [5.74, 6) is 5.91. The third-order valence-electron chi connectivity index (χ3n) is 13.2. The number of amides is 4. The highest BCUT2D eigenvalue weighted by atomic mass is 32.1. The molecule has 4 amide bonds. The first-order valence-electron chi connectivity index (χ1n) is 26.4.